The summed E-state index contributed by atoms with van der Waals surface area (Å²) in [6.07, 6.45) is 1.65. The first-order valence-electron chi connectivity index (χ1n) is 5.77. The van der Waals surface area contributed by atoms with Gasteiger partial charge in [0.25, 0.3) is 0 Å². The quantitative estimate of drug-likeness (QED) is 0.839. The smallest absolute Gasteiger partial charge is 0.142 e. The van der Waals surface area contributed by atoms with E-state index < -0.39 is 0 Å². The molecule has 0 saturated heterocycles. The molecule has 1 aromatic heterocycles. The Morgan fingerprint density at radius 2 is 2.11 bits per heavy atom. The Bertz CT molecular complexity index is 596. The predicted molar refractivity (Wildman–Crippen MR) is 81.1 cm³/mol. The molecular weight excluding hydrogens is 258 g/mol. The van der Waals surface area contributed by atoms with Crippen LogP contribution in [0.15, 0.2) is 36.5 Å². The molecule has 98 valence electrons. The normalized spacial score (nSPS) is 10.0. The van der Waals surface area contributed by atoms with Crippen LogP contribution in [0.25, 0.3) is 0 Å². The van der Waals surface area contributed by atoms with E-state index in [1.54, 1.807) is 13.3 Å². The molecule has 0 unspecified atom stereocenters. The molecule has 0 aliphatic heterocycles. The Kier molecular flexibility index (Phi) is 3.97. The van der Waals surface area contributed by atoms with E-state index in [1.165, 1.54) is 0 Å². The SMILES string of the molecule is COc1ccc(C)cc1Nc1ccc(C(N)=S)cn1. The van der Waals surface area contributed by atoms with Crippen LogP contribution in [-0.4, -0.2) is 17.1 Å². The van der Waals surface area contributed by atoms with Crippen molar-refractivity contribution < 1.29 is 4.74 Å². The molecule has 1 heterocycles. The minimum absolute atomic E-state index is 0.340. The van der Waals surface area contributed by atoms with Gasteiger partial charge in [0, 0.05) is 11.8 Å². The van der Waals surface area contributed by atoms with Gasteiger partial charge in [0.05, 0.1) is 12.8 Å². The number of aryl methyl sites for hydroxylation is 1. The number of methoxy groups -OCH3 is 1. The Morgan fingerprint density at radius 1 is 1.32 bits per heavy atom. The Labute approximate surface area is 117 Å². The molecule has 2 aromatic rings. The molecule has 0 aliphatic carbocycles. The fourth-order valence-corrected chi connectivity index (χ4v) is 1.79. The lowest BCUT2D eigenvalue weighted by Gasteiger charge is -2.11. The molecule has 0 atom stereocenters. The summed E-state index contributed by atoms with van der Waals surface area (Å²) in [5.41, 5.74) is 8.29. The summed E-state index contributed by atoms with van der Waals surface area (Å²) >= 11 is 4.89. The molecule has 0 aliphatic rings. The van der Waals surface area contributed by atoms with E-state index in [2.05, 4.69) is 10.3 Å². The first kappa shape index (κ1) is 13.3. The maximum absolute atomic E-state index is 5.53. The van der Waals surface area contributed by atoms with Crippen molar-refractivity contribution in [1.82, 2.24) is 4.98 Å². The highest BCUT2D eigenvalue weighted by atomic mass is 32.1. The molecule has 4 nitrogen and oxygen atoms in total. The Balaban J connectivity index is 2.25. The van der Waals surface area contributed by atoms with Gasteiger partial charge in [-0.15, -0.1) is 0 Å². The van der Waals surface area contributed by atoms with Crippen LogP contribution in [0.1, 0.15) is 11.1 Å². The summed E-state index contributed by atoms with van der Waals surface area (Å²) in [5.74, 6) is 1.48. The van der Waals surface area contributed by atoms with Crippen LogP contribution in [0.2, 0.25) is 0 Å². The molecule has 19 heavy (non-hydrogen) atoms. The third-order valence-electron chi connectivity index (χ3n) is 2.67. The Morgan fingerprint density at radius 3 is 2.68 bits per heavy atom. The van der Waals surface area contributed by atoms with Gasteiger partial charge in [0.15, 0.2) is 0 Å². The lowest BCUT2D eigenvalue weighted by molar-refractivity contribution is 0.416. The maximum atomic E-state index is 5.53. The van der Waals surface area contributed by atoms with Crippen LogP contribution in [0.4, 0.5) is 11.5 Å². The van der Waals surface area contributed by atoms with Crippen LogP contribution < -0.4 is 15.8 Å². The highest BCUT2D eigenvalue weighted by Gasteiger charge is 2.04. The molecule has 0 spiro atoms. The lowest BCUT2D eigenvalue weighted by Crippen LogP contribution is -2.09. The monoisotopic (exact) mass is 273 g/mol. The van der Waals surface area contributed by atoms with E-state index in [4.69, 9.17) is 22.7 Å². The number of ether oxygens (including phenoxy) is 1. The number of aromatic nitrogens is 1. The second-order valence-corrected chi connectivity index (χ2v) is 4.56. The molecule has 0 saturated carbocycles. The minimum Gasteiger partial charge on any atom is -0.495 e. The summed E-state index contributed by atoms with van der Waals surface area (Å²) < 4.78 is 5.30. The average Bonchev–Trinajstić information content (AvgIpc) is 2.39. The molecular formula is C14H15N3OS. The van der Waals surface area contributed by atoms with Gasteiger partial charge >= 0.3 is 0 Å². The van der Waals surface area contributed by atoms with Crippen molar-refractivity contribution in [3.8, 4) is 5.75 Å². The van der Waals surface area contributed by atoms with Crippen molar-refractivity contribution in [1.29, 1.82) is 0 Å². The number of hydrogen-bond donors (Lipinski definition) is 2. The van der Waals surface area contributed by atoms with Crippen LogP contribution >= 0.6 is 12.2 Å². The number of pyridine rings is 1. The van der Waals surface area contributed by atoms with Gasteiger partial charge in [-0.3, -0.25) is 0 Å². The molecule has 5 heteroatoms. The third-order valence-corrected chi connectivity index (χ3v) is 2.90. The first-order chi connectivity index (χ1) is 9.10. The zero-order valence-corrected chi connectivity index (χ0v) is 11.6. The second-order valence-electron chi connectivity index (χ2n) is 4.13. The van der Waals surface area contributed by atoms with Crippen LogP contribution in [0.5, 0.6) is 5.75 Å². The summed E-state index contributed by atoms with van der Waals surface area (Å²) in [7, 11) is 1.64. The van der Waals surface area contributed by atoms with E-state index in [0.717, 1.165) is 22.6 Å². The predicted octanol–water partition coefficient (Wildman–Crippen LogP) is 2.78. The molecule has 1 aromatic carbocycles. The van der Waals surface area contributed by atoms with Gasteiger partial charge in [0.2, 0.25) is 0 Å². The summed E-state index contributed by atoms with van der Waals surface area (Å²) in [6, 6.07) is 9.58. The van der Waals surface area contributed by atoms with Crippen molar-refractivity contribution in [2.24, 2.45) is 5.73 Å². The number of benzene rings is 1. The van der Waals surface area contributed by atoms with E-state index in [-0.39, 0.29) is 0 Å². The zero-order chi connectivity index (χ0) is 13.8. The summed E-state index contributed by atoms with van der Waals surface area (Å²) in [5, 5.41) is 3.21. The van der Waals surface area contributed by atoms with E-state index in [0.29, 0.717) is 10.8 Å². The summed E-state index contributed by atoms with van der Waals surface area (Å²) in [4.78, 5) is 4.61. The topological polar surface area (TPSA) is 60.2 Å². The van der Waals surface area contributed by atoms with Gasteiger partial charge in [0.1, 0.15) is 16.6 Å². The number of nitrogens with two attached hydrogens (primary N) is 1. The number of rotatable bonds is 4. The van der Waals surface area contributed by atoms with Crippen LogP contribution in [0, 0.1) is 6.92 Å². The minimum atomic E-state index is 0.340. The molecule has 3 N–H and O–H groups in total. The van der Waals surface area contributed by atoms with Gasteiger partial charge in [-0.1, -0.05) is 18.3 Å². The third kappa shape index (κ3) is 3.20. The van der Waals surface area contributed by atoms with Crippen molar-refractivity contribution in [2.45, 2.75) is 6.92 Å². The van der Waals surface area contributed by atoms with E-state index >= 15 is 0 Å². The molecule has 2 rings (SSSR count). The fourth-order valence-electron chi connectivity index (χ4n) is 1.67. The van der Waals surface area contributed by atoms with Crippen molar-refractivity contribution >= 4 is 28.7 Å². The molecule has 0 bridgehead atoms. The summed E-state index contributed by atoms with van der Waals surface area (Å²) in [6.45, 7) is 2.02. The van der Waals surface area contributed by atoms with Crippen LogP contribution in [-0.2, 0) is 0 Å². The van der Waals surface area contributed by atoms with Crippen molar-refractivity contribution in [3.63, 3.8) is 0 Å². The van der Waals surface area contributed by atoms with Gasteiger partial charge in [-0.05, 0) is 36.8 Å². The first-order valence-corrected chi connectivity index (χ1v) is 6.18. The van der Waals surface area contributed by atoms with Crippen molar-refractivity contribution in [2.75, 3.05) is 12.4 Å². The zero-order valence-electron chi connectivity index (χ0n) is 10.8. The molecule has 0 radical (unpaired) electrons. The number of thiocarbonyl (C=S) groups is 1. The standard InChI is InChI=1S/C14H15N3OS/c1-9-3-5-12(18-2)11(7-9)17-13-6-4-10(8-16-13)14(15)19/h3-8H,1-2H3,(H2,15,19)(H,16,17). The van der Waals surface area contributed by atoms with E-state index in [1.807, 2.05) is 37.3 Å². The number of hydrogen-bond acceptors (Lipinski definition) is 4. The second kappa shape index (κ2) is 5.67. The number of nitrogens with zero attached hydrogens (tertiary/aromatic N) is 1. The van der Waals surface area contributed by atoms with Crippen LogP contribution in [0.3, 0.4) is 0 Å². The lowest BCUT2D eigenvalue weighted by atomic mass is 10.2. The maximum Gasteiger partial charge on any atom is 0.142 e. The molecule has 0 amide bonds. The highest BCUT2D eigenvalue weighted by Crippen LogP contribution is 2.27. The Hall–Kier alpha value is -2.14. The molecule has 0 fully saturated rings. The van der Waals surface area contributed by atoms with Gasteiger partial charge < -0.3 is 15.8 Å². The fraction of sp³-hybridized carbons (Fsp3) is 0.143. The number of anilines is 2. The highest BCUT2D eigenvalue weighted by molar-refractivity contribution is 7.80. The van der Waals surface area contributed by atoms with Crippen molar-refractivity contribution in [3.05, 3.63) is 47.7 Å². The van der Waals surface area contributed by atoms with Gasteiger partial charge in [-0.2, -0.15) is 0 Å². The number of nitrogens with one attached hydrogen (secondary N) is 1. The average molecular weight is 273 g/mol. The van der Waals surface area contributed by atoms with E-state index in [9.17, 15) is 0 Å². The largest absolute Gasteiger partial charge is 0.495 e. The van der Waals surface area contributed by atoms with Gasteiger partial charge in [-0.25, -0.2) is 4.98 Å².